The van der Waals surface area contributed by atoms with Crippen molar-refractivity contribution in [3.63, 3.8) is 0 Å². The van der Waals surface area contributed by atoms with E-state index in [0.29, 0.717) is 6.54 Å². The fourth-order valence-corrected chi connectivity index (χ4v) is 1.29. The van der Waals surface area contributed by atoms with Crippen LogP contribution in [0.15, 0.2) is 15.9 Å². The summed E-state index contributed by atoms with van der Waals surface area (Å²) in [6, 6.07) is 0. The third-order valence-corrected chi connectivity index (χ3v) is 2.07. The number of aromatic amines is 1. The quantitative estimate of drug-likeness (QED) is 0.826. The van der Waals surface area contributed by atoms with Crippen LogP contribution >= 0.6 is 15.9 Å². The number of nitrogens with one attached hydrogen (secondary N) is 1. The first-order chi connectivity index (χ1) is 5.52. The third kappa shape index (κ3) is 1.69. The molecule has 4 heteroatoms. The maximum Gasteiger partial charge on any atom is 0.326 e. The third-order valence-electron chi connectivity index (χ3n) is 1.82. The molecule has 1 N–H and O–H groups in total. The van der Waals surface area contributed by atoms with Crippen molar-refractivity contribution in [2.24, 2.45) is 0 Å². The molecular formula is C8H11BrN2O. The molecule has 12 heavy (non-hydrogen) atoms. The summed E-state index contributed by atoms with van der Waals surface area (Å²) in [7, 11) is 0. The molecule has 66 valence electrons. The lowest BCUT2D eigenvalue weighted by Crippen LogP contribution is -2.17. The molecule has 1 aromatic rings. The maximum atomic E-state index is 11.2. The van der Waals surface area contributed by atoms with Crippen LogP contribution in [0.1, 0.15) is 11.4 Å². The number of H-pyrrole nitrogens is 1. The summed E-state index contributed by atoms with van der Waals surface area (Å²) in [4.78, 5) is 14.0. The molecule has 0 unspecified atom stereocenters. The van der Waals surface area contributed by atoms with Crippen LogP contribution in [0.25, 0.3) is 0 Å². The molecule has 0 aliphatic rings. The highest BCUT2D eigenvalue weighted by Gasteiger charge is 2.05. The highest BCUT2D eigenvalue weighted by Crippen LogP contribution is 2.07. The molecule has 0 radical (unpaired) electrons. The predicted molar refractivity (Wildman–Crippen MR) is 52.6 cm³/mol. The molecule has 0 amide bonds. The molecule has 1 rings (SSSR count). The minimum absolute atomic E-state index is 0.0781. The molecule has 0 bridgehead atoms. The van der Waals surface area contributed by atoms with Crippen LogP contribution in [-0.4, -0.2) is 9.55 Å². The molecule has 0 saturated carbocycles. The molecular weight excluding hydrogens is 220 g/mol. The van der Waals surface area contributed by atoms with E-state index in [2.05, 4.69) is 27.5 Å². The summed E-state index contributed by atoms with van der Waals surface area (Å²) >= 11 is 3.22. The summed E-state index contributed by atoms with van der Waals surface area (Å²) in [5.74, 6) is 0. The average Bonchev–Trinajstić information content (AvgIpc) is 2.16. The second kappa shape index (κ2) is 3.31. The van der Waals surface area contributed by atoms with E-state index in [1.165, 1.54) is 0 Å². The van der Waals surface area contributed by atoms with Gasteiger partial charge in [0.05, 0.1) is 6.54 Å². The van der Waals surface area contributed by atoms with Crippen molar-refractivity contribution in [3.8, 4) is 0 Å². The fourth-order valence-electron chi connectivity index (χ4n) is 1.04. The Labute approximate surface area is 79.2 Å². The zero-order valence-electron chi connectivity index (χ0n) is 7.15. The minimum atomic E-state index is -0.0781. The van der Waals surface area contributed by atoms with Gasteiger partial charge in [0.1, 0.15) is 0 Å². The fraction of sp³-hybridized carbons (Fsp3) is 0.375. The van der Waals surface area contributed by atoms with E-state index < -0.39 is 0 Å². The van der Waals surface area contributed by atoms with Gasteiger partial charge in [-0.25, -0.2) is 4.79 Å². The number of imidazole rings is 1. The van der Waals surface area contributed by atoms with Gasteiger partial charge in [-0.15, -0.1) is 0 Å². The summed E-state index contributed by atoms with van der Waals surface area (Å²) in [5, 5.41) is 0. The van der Waals surface area contributed by atoms with Crippen LogP contribution in [0.3, 0.4) is 0 Å². The standard InChI is InChI=1S/C8H11BrN2O/c1-5(9)4-11-7(3)6(2)10-8(11)12/h1,4H2,2-3H3,(H,10,12). The normalized spacial score (nSPS) is 10.2. The number of aromatic nitrogens is 2. The number of nitrogens with zero attached hydrogens (tertiary/aromatic N) is 1. The molecule has 1 aromatic heterocycles. The van der Waals surface area contributed by atoms with Crippen molar-refractivity contribution >= 4 is 15.9 Å². The molecule has 0 fully saturated rings. The van der Waals surface area contributed by atoms with Crippen molar-refractivity contribution in [3.05, 3.63) is 32.9 Å². The summed E-state index contributed by atoms with van der Waals surface area (Å²) in [6.45, 7) is 7.99. The van der Waals surface area contributed by atoms with E-state index in [-0.39, 0.29) is 5.69 Å². The molecule has 0 atom stereocenters. The predicted octanol–water partition coefficient (Wildman–Crippen LogP) is 1.70. The van der Waals surface area contributed by atoms with Crippen LogP contribution < -0.4 is 5.69 Å². The van der Waals surface area contributed by atoms with E-state index in [4.69, 9.17) is 0 Å². The van der Waals surface area contributed by atoms with E-state index in [0.717, 1.165) is 15.9 Å². The maximum absolute atomic E-state index is 11.2. The Kier molecular flexibility index (Phi) is 2.57. The smallest absolute Gasteiger partial charge is 0.310 e. The minimum Gasteiger partial charge on any atom is -0.310 e. The number of allylic oxidation sites excluding steroid dienone is 1. The zero-order valence-corrected chi connectivity index (χ0v) is 8.73. The van der Waals surface area contributed by atoms with Crippen LogP contribution in [0, 0.1) is 13.8 Å². The highest BCUT2D eigenvalue weighted by atomic mass is 79.9. The van der Waals surface area contributed by atoms with Crippen molar-refractivity contribution in [2.75, 3.05) is 0 Å². The Morgan fingerprint density at radius 2 is 2.25 bits per heavy atom. The molecule has 0 saturated heterocycles. The number of halogens is 1. The van der Waals surface area contributed by atoms with Gasteiger partial charge in [-0.05, 0) is 13.8 Å². The Balaban J connectivity index is 3.14. The van der Waals surface area contributed by atoms with Gasteiger partial charge in [0.2, 0.25) is 0 Å². The molecule has 0 aliphatic carbocycles. The number of aryl methyl sites for hydroxylation is 1. The first-order valence-electron chi connectivity index (χ1n) is 3.61. The van der Waals surface area contributed by atoms with Gasteiger partial charge in [-0.2, -0.15) is 0 Å². The SMILES string of the molecule is C=C(Br)Cn1c(C)c(C)[nH]c1=O. The van der Waals surface area contributed by atoms with Crippen LogP contribution in [0.5, 0.6) is 0 Å². The highest BCUT2D eigenvalue weighted by molar-refractivity contribution is 9.11. The van der Waals surface area contributed by atoms with E-state index in [9.17, 15) is 4.79 Å². The lowest BCUT2D eigenvalue weighted by molar-refractivity contribution is 0.751. The Bertz CT molecular complexity index is 362. The Hall–Kier alpha value is -0.770. The van der Waals surface area contributed by atoms with Crippen LogP contribution in [0.4, 0.5) is 0 Å². The topological polar surface area (TPSA) is 37.8 Å². The molecule has 1 heterocycles. The lowest BCUT2D eigenvalue weighted by Gasteiger charge is -2.01. The second-order valence-electron chi connectivity index (χ2n) is 2.74. The van der Waals surface area contributed by atoms with Gasteiger partial charge in [-0.3, -0.25) is 4.57 Å². The largest absolute Gasteiger partial charge is 0.326 e. The Morgan fingerprint density at radius 1 is 1.67 bits per heavy atom. The number of rotatable bonds is 2. The summed E-state index contributed by atoms with van der Waals surface area (Å²) in [5.41, 5.74) is 1.79. The monoisotopic (exact) mass is 230 g/mol. The van der Waals surface area contributed by atoms with Gasteiger partial charge in [0.25, 0.3) is 0 Å². The molecule has 3 nitrogen and oxygen atoms in total. The van der Waals surface area contributed by atoms with Gasteiger partial charge >= 0.3 is 5.69 Å². The molecule has 0 aromatic carbocycles. The second-order valence-corrected chi connectivity index (χ2v) is 3.87. The summed E-state index contributed by atoms with van der Waals surface area (Å²) in [6.07, 6.45) is 0. The van der Waals surface area contributed by atoms with E-state index in [1.54, 1.807) is 4.57 Å². The molecule has 0 aliphatic heterocycles. The van der Waals surface area contributed by atoms with Crippen LogP contribution in [0.2, 0.25) is 0 Å². The van der Waals surface area contributed by atoms with Crippen molar-refractivity contribution in [2.45, 2.75) is 20.4 Å². The first kappa shape index (κ1) is 9.32. The number of hydrogen-bond acceptors (Lipinski definition) is 1. The van der Waals surface area contributed by atoms with Crippen LogP contribution in [-0.2, 0) is 6.54 Å². The van der Waals surface area contributed by atoms with Crippen molar-refractivity contribution < 1.29 is 0 Å². The van der Waals surface area contributed by atoms with Crippen molar-refractivity contribution in [1.29, 1.82) is 0 Å². The van der Waals surface area contributed by atoms with E-state index in [1.807, 2.05) is 13.8 Å². The van der Waals surface area contributed by atoms with Gasteiger partial charge < -0.3 is 4.98 Å². The Morgan fingerprint density at radius 3 is 2.58 bits per heavy atom. The van der Waals surface area contributed by atoms with Gasteiger partial charge in [0, 0.05) is 15.9 Å². The lowest BCUT2D eigenvalue weighted by atomic mass is 10.4. The summed E-state index contributed by atoms with van der Waals surface area (Å²) < 4.78 is 2.44. The average molecular weight is 231 g/mol. The molecule has 0 spiro atoms. The van der Waals surface area contributed by atoms with Gasteiger partial charge in [-0.1, -0.05) is 22.5 Å². The first-order valence-corrected chi connectivity index (χ1v) is 4.41. The number of hydrogen-bond donors (Lipinski definition) is 1. The zero-order chi connectivity index (χ0) is 9.30. The van der Waals surface area contributed by atoms with Crippen molar-refractivity contribution in [1.82, 2.24) is 9.55 Å². The van der Waals surface area contributed by atoms with Gasteiger partial charge in [0.15, 0.2) is 0 Å². The van der Waals surface area contributed by atoms with E-state index >= 15 is 0 Å².